The van der Waals surface area contributed by atoms with Crippen LogP contribution in [0.5, 0.6) is 0 Å². The standard InChI is InChI=1S/C27H23ClN8O2/c28-21-6-20(12-30)7-23(9-21)36-15-22(32-33-36)14-34-16-27(38-26(34)37)5-1-2-19(10-27)13-35-17-31-24-4-3-18(11-29)8-25(24)35/h3-4,6-9,15,17,19H,1-2,5,10,13-14,16H2/t19-,27-/m0/s1. The first kappa shape index (κ1) is 24.0. The van der Waals surface area contributed by atoms with Crippen molar-refractivity contribution >= 4 is 28.7 Å². The molecule has 2 aromatic carbocycles. The number of amides is 1. The normalized spacial score (nSPS) is 21.0. The molecule has 2 fully saturated rings. The molecule has 1 aliphatic heterocycles. The molecule has 0 bridgehead atoms. The van der Waals surface area contributed by atoms with E-state index in [-0.39, 0.29) is 12.6 Å². The van der Waals surface area contributed by atoms with E-state index in [1.54, 1.807) is 40.0 Å². The van der Waals surface area contributed by atoms with Crippen LogP contribution in [0.15, 0.2) is 48.9 Å². The van der Waals surface area contributed by atoms with Gasteiger partial charge in [0.05, 0.1) is 65.6 Å². The van der Waals surface area contributed by atoms with Crippen molar-refractivity contribution in [3.8, 4) is 17.8 Å². The number of halogens is 1. The van der Waals surface area contributed by atoms with E-state index in [0.29, 0.717) is 40.0 Å². The Morgan fingerprint density at radius 3 is 2.87 bits per heavy atom. The van der Waals surface area contributed by atoms with Crippen LogP contribution >= 0.6 is 11.6 Å². The molecule has 11 heteroatoms. The zero-order valence-corrected chi connectivity index (χ0v) is 21.2. The highest BCUT2D eigenvalue weighted by Gasteiger charge is 2.48. The molecule has 10 nitrogen and oxygen atoms in total. The molecule has 4 aromatic rings. The fourth-order valence-corrected chi connectivity index (χ4v) is 5.89. The fourth-order valence-electron chi connectivity index (χ4n) is 5.66. The summed E-state index contributed by atoms with van der Waals surface area (Å²) in [7, 11) is 0. The lowest BCUT2D eigenvalue weighted by Crippen LogP contribution is -2.40. The highest BCUT2D eigenvalue weighted by Crippen LogP contribution is 2.41. The minimum atomic E-state index is -0.529. The summed E-state index contributed by atoms with van der Waals surface area (Å²) in [4.78, 5) is 19.0. The van der Waals surface area contributed by atoms with Crippen molar-refractivity contribution in [3.63, 3.8) is 0 Å². The number of hydrogen-bond acceptors (Lipinski definition) is 7. The summed E-state index contributed by atoms with van der Waals surface area (Å²) in [5, 5.41) is 27.3. The summed E-state index contributed by atoms with van der Waals surface area (Å²) < 4.78 is 9.64. The van der Waals surface area contributed by atoms with Gasteiger partial charge in [-0.1, -0.05) is 16.8 Å². The Hall–Kier alpha value is -4.41. The number of fused-ring (bicyclic) bond motifs is 1. The lowest BCUT2D eigenvalue weighted by molar-refractivity contribution is 0.00415. The zero-order valence-electron chi connectivity index (χ0n) is 20.4. The second kappa shape index (κ2) is 9.47. The van der Waals surface area contributed by atoms with Gasteiger partial charge in [0, 0.05) is 11.6 Å². The van der Waals surface area contributed by atoms with Crippen molar-refractivity contribution in [3.05, 3.63) is 70.8 Å². The minimum Gasteiger partial charge on any atom is -0.441 e. The van der Waals surface area contributed by atoms with E-state index in [9.17, 15) is 15.3 Å². The van der Waals surface area contributed by atoms with Gasteiger partial charge in [-0.2, -0.15) is 10.5 Å². The number of ether oxygens (including phenoxy) is 1. The van der Waals surface area contributed by atoms with Gasteiger partial charge in [-0.15, -0.1) is 5.10 Å². The average Bonchev–Trinajstić information content (AvgIpc) is 3.62. The predicted octanol–water partition coefficient (Wildman–Crippen LogP) is 4.60. The van der Waals surface area contributed by atoms with Crippen LogP contribution in [-0.4, -0.2) is 47.7 Å². The van der Waals surface area contributed by atoms with Crippen LogP contribution in [0.4, 0.5) is 4.79 Å². The molecule has 2 aromatic heterocycles. The third kappa shape index (κ3) is 4.55. The van der Waals surface area contributed by atoms with Crippen molar-refractivity contribution in [1.29, 1.82) is 10.5 Å². The quantitative estimate of drug-likeness (QED) is 0.372. The molecule has 6 rings (SSSR count). The van der Waals surface area contributed by atoms with E-state index in [2.05, 4.69) is 32.0 Å². The van der Waals surface area contributed by atoms with Crippen LogP contribution < -0.4 is 0 Å². The van der Waals surface area contributed by atoms with Crippen molar-refractivity contribution in [1.82, 2.24) is 29.4 Å². The summed E-state index contributed by atoms with van der Waals surface area (Å²) in [6.45, 7) is 1.53. The van der Waals surface area contributed by atoms with Crippen LogP contribution in [0.2, 0.25) is 5.02 Å². The van der Waals surface area contributed by atoms with Gasteiger partial charge in [-0.25, -0.2) is 14.5 Å². The minimum absolute atomic E-state index is 0.278. The number of aromatic nitrogens is 5. The average molecular weight is 527 g/mol. The second-order valence-corrected chi connectivity index (χ2v) is 10.5. The number of rotatable bonds is 5. The number of nitriles is 2. The molecule has 1 aliphatic carbocycles. The van der Waals surface area contributed by atoms with Gasteiger partial charge in [-0.3, -0.25) is 4.90 Å². The zero-order chi connectivity index (χ0) is 26.3. The number of carbonyl (C=O) groups is 1. The fraction of sp³-hybridized carbons (Fsp3) is 0.333. The Morgan fingerprint density at radius 1 is 1.16 bits per heavy atom. The van der Waals surface area contributed by atoms with Gasteiger partial charge in [-0.05, 0) is 68.0 Å². The summed E-state index contributed by atoms with van der Waals surface area (Å²) in [5.74, 6) is 0.317. The third-order valence-electron chi connectivity index (χ3n) is 7.32. The summed E-state index contributed by atoms with van der Waals surface area (Å²) in [6, 6.07) is 14.8. The Bertz CT molecular complexity index is 1630. The monoisotopic (exact) mass is 526 g/mol. The molecular weight excluding hydrogens is 504 g/mol. The molecule has 1 spiro atoms. The Morgan fingerprint density at radius 2 is 2.03 bits per heavy atom. The second-order valence-electron chi connectivity index (χ2n) is 10.0. The Labute approximate surface area is 223 Å². The van der Waals surface area contributed by atoms with Gasteiger partial charge < -0.3 is 9.30 Å². The summed E-state index contributed by atoms with van der Waals surface area (Å²) in [6.07, 6.45) is 6.79. The highest BCUT2D eigenvalue weighted by molar-refractivity contribution is 6.30. The SMILES string of the molecule is N#Cc1cc(Cl)cc(-n2cc(CN3C[C@@]4(CCC[C@H](Cn5cnc6ccc(C#N)cc65)C4)OC3=O)nn2)c1. The van der Waals surface area contributed by atoms with Crippen molar-refractivity contribution in [2.45, 2.75) is 44.4 Å². The highest BCUT2D eigenvalue weighted by atomic mass is 35.5. The molecule has 3 heterocycles. The maximum absolute atomic E-state index is 12.9. The van der Waals surface area contributed by atoms with Crippen LogP contribution in [0.25, 0.3) is 16.7 Å². The Balaban J connectivity index is 1.14. The molecule has 0 radical (unpaired) electrons. The van der Waals surface area contributed by atoms with E-state index >= 15 is 0 Å². The van der Waals surface area contributed by atoms with Gasteiger partial charge in [0.15, 0.2) is 0 Å². The maximum atomic E-state index is 12.9. The van der Waals surface area contributed by atoms with Gasteiger partial charge in [0.25, 0.3) is 0 Å². The molecule has 0 N–H and O–H groups in total. The van der Waals surface area contributed by atoms with Gasteiger partial charge in [0.2, 0.25) is 0 Å². The largest absolute Gasteiger partial charge is 0.441 e. The number of nitrogens with zero attached hydrogens (tertiary/aromatic N) is 8. The number of imidazole rings is 1. The van der Waals surface area contributed by atoms with E-state index in [1.165, 1.54) is 0 Å². The lowest BCUT2D eigenvalue weighted by atomic mass is 9.78. The first-order valence-electron chi connectivity index (χ1n) is 12.4. The molecule has 2 aliphatic rings. The van der Waals surface area contributed by atoms with Crippen LogP contribution in [0, 0.1) is 28.6 Å². The molecule has 1 saturated carbocycles. The van der Waals surface area contributed by atoms with Crippen LogP contribution in [-0.2, 0) is 17.8 Å². The summed E-state index contributed by atoms with van der Waals surface area (Å²) >= 11 is 6.12. The van der Waals surface area contributed by atoms with Crippen molar-refractivity contribution < 1.29 is 9.53 Å². The topological polar surface area (TPSA) is 126 Å². The molecule has 1 saturated heterocycles. The first-order valence-corrected chi connectivity index (χ1v) is 12.8. The lowest BCUT2D eigenvalue weighted by Gasteiger charge is -2.36. The molecule has 0 unspecified atom stereocenters. The van der Waals surface area contributed by atoms with Crippen molar-refractivity contribution in [2.24, 2.45) is 5.92 Å². The first-order chi connectivity index (χ1) is 18.4. The van der Waals surface area contributed by atoms with Gasteiger partial charge in [0.1, 0.15) is 11.3 Å². The third-order valence-corrected chi connectivity index (χ3v) is 7.54. The Kier molecular flexibility index (Phi) is 5.97. The molecule has 1 amide bonds. The smallest absolute Gasteiger partial charge is 0.410 e. The maximum Gasteiger partial charge on any atom is 0.410 e. The van der Waals surface area contributed by atoms with Crippen LogP contribution in [0.3, 0.4) is 0 Å². The number of hydrogen-bond donors (Lipinski definition) is 0. The number of carbonyl (C=O) groups excluding carboxylic acids is 1. The number of benzene rings is 2. The summed E-state index contributed by atoms with van der Waals surface area (Å²) in [5.41, 5.74) is 3.55. The van der Waals surface area contributed by atoms with E-state index in [0.717, 1.165) is 43.3 Å². The molecule has 190 valence electrons. The van der Waals surface area contributed by atoms with E-state index in [4.69, 9.17) is 16.3 Å². The molecular formula is C27H23ClN8O2. The van der Waals surface area contributed by atoms with Crippen LogP contribution in [0.1, 0.15) is 42.5 Å². The molecule has 38 heavy (non-hydrogen) atoms. The van der Waals surface area contributed by atoms with Gasteiger partial charge >= 0.3 is 6.09 Å². The van der Waals surface area contributed by atoms with E-state index in [1.807, 2.05) is 18.5 Å². The van der Waals surface area contributed by atoms with Crippen molar-refractivity contribution in [2.75, 3.05) is 6.54 Å². The predicted molar refractivity (Wildman–Crippen MR) is 137 cm³/mol. The molecule has 2 atom stereocenters. The van der Waals surface area contributed by atoms with E-state index < -0.39 is 5.60 Å².